The van der Waals surface area contributed by atoms with Crippen LogP contribution in [0.1, 0.15) is 12.5 Å². The van der Waals surface area contributed by atoms with Crippen molar-refractivity contribution in [3.05, 3.63) is 46.5 Å². The average Bonchev–Trinajstić information content (AvgIpc) is 2.32. The van der Waals surface area contributed by atoms with E-state index in [4.69, 9.17) is 9.47 Å². The summed E-state index contributed by atoms with van der Waals surface area (Å²) >= 11 is 3.36. The lowest BCUT2D eigenvalue weighted by Crippen LogP contribution is -2.11. The zero-order valence-electron chi connectivity index (χ0n) is 9.74. The van der Waals surface area contributed by atoms with Crippen LogP contribution < -0.4 is 0 Å². The molecule has 92 valence electrons. The molecule has 0 aliphatic rings. The second-order valence-corrected chi connectivity index (χ2v) is 4.36. The highest BCUT2D eigenvalue weighted by atomic mass is 79.9. The number of halogens is 1. The van der Waals surface area contributed by atoms with Gasteiger partial charge in [0.15, 0.2) is 0 Å². The quantitative estimate of drug-likeness (QED) is 0.598. The summed E-state index contributed by atoms with van der Waals surface area (Å²) in [6, 6.07) is 7.80. The molecule has 0 saturated heterocycles. The summed E-state index contributed by atoms with van der Waals surface area (Å²) in [5.74, 6) is -0.400. The lowest BCUT2D eigenvalue weighted by Gasteiger charge is -2.06. The fraction of sp³-hybridized carbons (Fsp3) is 0.308. The normalized spacial score (nSPS) is 10.0. The highest BCUT2D eigenvalue weighted by Crippen LogP contribution is 2.11. The first-order valence-electron chi connectivity index (χ1n) is 5.30. The molecule has 0 bridgehead atoms. The molecule has 4 heteroatoms. The van der Waals surface area contributed by atoms with Gasteiger partial charge in [-0.2, -0.15) is 0 Å². The Bertz CT molecular complexity index is 384. The summed E-state index contributed by atoms with van der Waals surface area (Å²) in [4.78, 5) is 11.2. The van der Waals surface area contributed by atoms with Gasteiger partial charge in [0, 0.05) is 4.47 Å². The first kappa shape index (κ1) is 13.9. The molecule has 0 unspecified atom stereocenters. The van der Waals surface area contributed by atoms with Crippen LogP contribution in [-0.4, -0.2) is 19.2 Å². The summed E-state index contributed by atoms with van der Waals surface area (Å²) in [5, 5.41) is 0. The molecular formula is C13H15BrO3. The van der Waals surface area contributed by atoms with E-state index in [1.807, 2.05) is 24.3 Å². The van der Waals surface area contributed by atoms with Crippen LogP contribution in [0.15, 0.2) is 40.9 Å². The molecule has 0 N–H and O–H groups in total. The molecular weight excluding hydrogens is 284 g/mol. The van der Waals surface area contributed by atoms with E-state index in [0.29, 0.717) is 18.8 Å². The highest BCUT2D eigenvalue weighted by Gasteiger charge is 2.07. The van der Waals surface area contributed by atoms with Gasteiger partial charge in [0.2, 0.25) is 0 Å². The third-order valence-electron chi connectivity index (χ3n) is 2.02. The predicted molar refractivity (Wildman–Crippen MR) is 69.6 cm³/mol. The minimum Gasteiger partial charge on any atom is -0.463 e. The Kier molecular flexibility index (Phi) is 5.94. The van der Waals surface area contributed by atoms with Crippen molar-refractivity contribution >= 4 is 21.9 Å². The summed E-state index contributed by atoms with van der Waals surface area (Å²) in [7, 11) is 0. The molecule has 1 aromatic carbocycles. The fourth-order valence-electron chi connectivity index (χ4n) is 1.16. The Morgan fingerprint density at radius 2 is 2.00 bits per heavy atom. The van der Waals surface area contributed by atoms with E-state index >= 15 is 0 Å². The van der Waals surface area contributed by atoms with Crippen molar-refractivity contribution in [1.29, 1.82) is 0 Å². The predicted octanol–water partition coefficient (Wildman–Crippen LogP) is 3.09. The molecule has 0 radical (unpaired) electrons. The van der Waals surface area contributed by atoms with E-state index < -0.39 is 5.97 Å². The van der Waals surface area contributed by atoms with Crippen LogP contribution >= 0.6 is 15.9 Å². The molecule has 1 rings (SSSR count). The molecule has 0 spiro atoms. The molecule has 1 aromatic rings. The maximum Gasteiger partial charge on any atom is 0.335 e. The number of carbonyl (C=O) groups excluding carboxylic acids is 1. The van der Waals surface area contributed by atoms with Gasteiger partial charge in [-0.05, 0) is 24.6 Å². The maximum absolute atomic E-state index is 11.2. The van der Waals surface area contributed by atoms with Crippen molar-refractivity contribution in [2.24, 2.45) is 0 Å². The van der Waals surface area contributed by atoms with Gasteiger partial charge in [-0.15, -0.1) is 0 Å². The second kappa shape index (κ2) is 7.25. The molecule has 0 atom stereocenters. The van der Waals surface area contributed by atoms with Gasteiger partial charge >= 0.3 is 5.97 Å². The number of hydrogen-bond acceptors (Lipinski definition) is 3. The zero-order chi connectivity index (χ0) is 12.7. The van der Waals surface area contributed by atoms with Crippen molar-refractivity contribution in [3.8, 4) is 0 Å². The van der Waals surface area contributed by atoms with E-state index in [1.165, 1.54) is 0 Å². The Hall–Kier alpha value is -1.13. The van der Waals surface area contributed by atoms with Crippen molar-refractivity contribution in [1.82, 2.24) is 0 Å². The van der Waals surface area contributed by atoms with Crippen molar-refractivity contribution < 1.29 is 14.3 Å². The number of hydrogen-bond donors (Lipinski definition) is 0. The third kappa shape index (κ3) is 5.15. The van der Waals surface area contributed by atoms with Crippen molar-refractivity contribution in [3.63, 3.8) is 0 Å². The zero-order valence-corrected chi connectivity index (χ0v) is 11.3. The Balaban J connectivity index is 2.30. The summed E-state index contributed by atoms with van der Waals surface area (Å²) in [5.41, 5.74) is 1.38. The number of rotatable bonds is 6. The smallest absolute Gasteiger partial charge is 0.335 e. The summed E-state index contributed by atoms with van der Waals surface area (Å²) in [6.07, 6.45) is 0. The molecule has 3 nitrogen and oxygen atoms in total. The molecule has 0 saturated carbocycles. The standard InChI is InChI=1S/C13H15BrO3/c1-3-17-13(15)10(2)8-16-9-11-4-6-12(14)7-5-11/h4-7H,2-3,8-9H2,1H3. The summed E-state index contributed by atoms with van der Waals surface area (Å²) in [6.45, 7) is 6.36. The first-order chi connectivity index (χ1) is 8.13. The van der Waals surface area contributed by atoms with E-state index in [2.05, 4.69) is 22.5 Å². The largest absolute Gasteiger partial charge is 0.463 e. The van der Waals surface area contributed by atoms with Gasteiger partial charge < -0.3 is 9.47 Å². The molecule has 0 amide bonds. The van der Waals surface area contributed by atoms with Gasteiger partial charge in [0.05, 0.1) is 25.4 Å². The van der Waals surface area contributed by atoms with Crippen molar-refractivity contribution in [2.45, 2.75) is 13.5 Å². The van der Waals surface area contributed by atoms with Crippen molar-refractivity contribution in [2.75, 3.05) is 13.2 Å². The number of esters is 1. The lowest BCUT2D eigenvalue weighted by atomic mass is 10.2. The minimum atomic E-state index is -0.400. The Labute approximate surface area is 110 Å². The van der Waals surface area contributed by atoms with Crippen LogP contribution in [0, 0.1) is 0 Å². The fourth-order valence-corrected chi connectivity index (χ4v) is 1.43. The Morgan fingerprint density at radius 3 is 2.59 bits per heavy atom. The van der Waals surface area contributed by atoms with Gasteiger partial charge in [0.1, 0.15) is 0 Å². The molecule has 17 heavy (non-hydrogen) atoms. The Morgan fingerprint density at radius 1 is 1.35 bits per heavy atom. The van der Waals surface area contributed by atoms with Crippen LogP contribution in [-0.2, 0) is 20.9 Å². The maximum atomic E-state index is 11.2. The van der Waals surface area contributed by atoms with Gasteiger partial charge in [-0.3, -0.25) is 0 Å². The van der Waals surface area contributed by atoms with E-state index in [9.17, 15) is 4.79 Å². The van der Waals surface area contributed by atoms with Crippen LogP contribution in [0.2, 0.25) is 0 Å². The van der Waals surface area contributed by atoms with Gasteiger partial charge in [-0.1, -0.05) is 34.6 Å². The molecule has 0 aliphatic heterocycles. The highest BCUT2D eigenvalue weighted by molar-refractivity contribution is 9.10. The van der Waals surface area contributed by atoms with Gasteiger partial charge in [-0.25, -0.2) is 4.79 Å². The lowest BCUT2D eigenvalue weighted by molar-refractivity contribution is -0.139. The number of benzene rings is 1. The van der Waals surface area contributed by atoms with Crippen LogP contribution in [0.25, 0.3) is 0 Å². The first-order valence-corrected chi connectivity index (χ1v) is 6.10. The average molecular weight is 299 g/mol. The monoisotopic (exact) mass is 298 g/mol. The van der Waals surface area contributed by atoms with Crippen LogP contribution in [0.3, 0.4) is 0 Å². The topological polar surface area (TPSA) is 35.5 Å². The number of carbonyl (C=O) groups is 1. The van der Waals surface area contributed by atoms with Crippen LogP contribution in [0.4, 0.5) is 0 Å². The minimum absolute atomic E-state index is 0.189. The number of ether oxygens (including phenoxy) is 2. The molecule has 0 heterocycles. The van der Waals surface area contributed by atoms with Crippen LogP contribution in [0.5, 0.6) is 0 Å². The second-order valence-electron chi connectivity index (χ2n) is 3.44. The molecule has 0 aliphatic carbocycles. The van der Waals surface area contributed by atoms with E-state index in [1.54, 1.807) is 6.92 Å². The van der Waals surface area contributed by atoms with E-state index in [-0.39, 0.29) is 6.61 Å². The molecule has 0 aromatic heterocycles. The summed E-state index contributed by atoms with van der Waals surface area (Å²) < 4.78 is 11.2. The molecule has 0 fully saturated rings. The van der Waals surface area contributed by atoms with Gasteiger partial charge in [0.25, 0.3) is 0 Å². The van der Waals surface area contributed by atoms with E-state index in [0.717, 1.165) is 10.0 Å². The third-order valence-corrected chi connectivity index (χ3v) is 2.55. The SMILES string of the molecule is C=C(COCc1ccc(Br)cc1)C(=O)OCC.